The minimum atomic E-state index is -0.787. The molecule has 0 heterocycles. The third-order valence-corrected chi connectivity index (χ3v) is 3.91. The van der Waals surface area contributed by atoms with Crippen molar-refractivity contribution in [2.24, 2.45) is 11.7 Å². The highest BCUT2D eigenvalue weighted by Gasteiger charge is 2.27. The molecule has 1 atom stereocenters. The molecule has 1 aromatic carbocycles. The number of hydrogen-bond donors (Lipinski definition) is 2. The Kier molecular flexibility index (Phi) is 5.33. The van der Waals surface area contributed by atoms with Crippen LogP contribution < -0.4 is 11.1 Å². The van der Waals surface area contributed by atoms with Gasteiger partial charge in [-0.3, -0.25) is 15.0 Å². The number of nitrogens with zero attached hydrogens (tertiary/aromatic N) is 1. The normalized spacial score (nSPS) is 15.7. The summed E-state index contributed by atoms with van der Waals surface area (Å²) >= 11 is 0. The number of urea groups is 1. The van der Waals surface area contributed by atoms with Crippen LogP contribution in [-0.4, -0.2) is 29.9 Å². The number of amides is 3. The van der Waals surface area contributed by atoms with E-state index in [1.54, 1.807) is 0 Å². The summed E-state index contributed by atoms with van der Waals surface area (Å²) in [5.41, 5.74) is 6.20. The third kappa shape index (κ3) is 5.19. The van der Waals surface area contributed by atoms with Gasteiger partial charge in [0, 0.05) is 25.6 Å². The van der Waals surface area contributed by atoms with E-state index in [9.17, 15) is 9.59 Å². The highest BCUT2D eigenvalue weighted by Crippen LogP contribution is 2.32. The van der Waals surface area contributed by atoms with E-state index in [1.807, 2.05) is 18.2 Å². The molecule has 1 saturated carbocycles. The molecule has 114 valence electrons. The molecule has 1 aliphatic rings. The molecule has 0 spiro atoms. The number of benzene rings is 1. The number of carbonyl (C=O) groups excluding carboxylic acids is 2. The van der Waals surface area contributed by atoms with Gasteiger partial charge in [-0.2, -0.15) is 0 Å². The van der Waals surface area contributed by atoms with Gasteiger partial charge in [0.1, 0.15) is 0 Å². The summed E-state index contributed by atoms with van der Waals surface area (Å²) in [7, 11) is 0. The van der Waals surface area contributed by atoms with Crippen molar-refractivity contribution in [1.82, 2.24) is 10.2 Å². The van der Waals surface area contributed by atoms with E-state index in [2.05, 4.69) is 29.3 Å². The molecule has 1 aliphatic carbocycles. The Bertz CT molecular complexity index is 486. The van der Waals surface area contributed by atoms with Gasteiger partial charge in [0.2, 0.25) is 5.91 Å². The summed E-state index contributed by atoms with van der Waals surface area (Å²) in [6.45, 7) is 3.79. The Labute approximate surface area is 125 Å². The molecule has 0 aliphatic heterocycles. The molecule has 0 aromatic heterocycles. The molecule has 5 heteroatoms. The Balaban J connectivity index is 1.93. The molecule has 3 amide bonds. The summed E-state index contributed by atoms with van der Waals surface area (Å²) in [5, 5.41) is 2.12. The summed E-state index contributed by atoms with van der Waals surface area (Å²) in [4.78, 5) is 24.6. The first-order valence-corrected chi connectivity index (χ1v) is 7.44. The molecular formula is C16H23N3O2. The van der Waals surface area contributed by atoms with Crippen molar-refractivity contribution in [3.63, 3.8) is 0 Å². The first kappa shape index (κ1) is 15.5. The van der Waals surface area contributed by atoms with Crippen LogP contribution in [0.1, 0.15) is 37.8 Å². The largest absolute Gasteiger partial charge is 0.351 e. The Morgan fingerprint density at radius 2 is 2.00 bits per heavy atom. The smallest absolute Gasteiger partial charge is 0.318 e. The van der Waals surface area contributed by atoms with Crippen LogP contribution in [0.25, 0.3) is 0 Å². The molecule has 1 unspecified atom stereocenters. The molecule has 5 nitrogen and oxygen atoms in total. The van der Waals surface area contributed by atoms with E-state index in [4.69, 9.17) is 5.73 Å². The lowest BCUT2D eigenvalue weighted by molar-refractivity contribution is -0.120. The molecule has 0 saturated heterocycles. The number of rotatable bonds is 7. The zero-order chi connectivity index (χ0) is 15.2. The maximum absolute atomic E-state index is 11.6. The van der Waals surface area contributed by atoms with Gasteiger partial charge in [0.25, 0.3) is 0 Å². The molecular weight excluding hydrogens is 266 g/mol. The van der Waals surface area contributed by atoms with Gasteiger partial charge in [0.15, 0.2) is 0 Å². The Morgan fingerprint density at radius 1 is 1.33 bits per heavy atom. The van der Waals surface area contributed by atoms with Gasteiger partial charge in [-0.15, -0.1) is 0 Å². The fraction of sp³-hybridized carbons (Fsp3) is 0.500. The topological polar surface area (TPSA) is 75.4 Å². The van der Waals surface area contributed by atoms with Gasteiger partial charge in [-0.25, -0.2) is 4.79 Å². The lowest BCUT2D eigenvalue weighted by Gasteiger charge is -2.29. The van der Waals surface area contributed by atoms with Crippen LogP contribution in [0.15, 0.2) is 30.3 Å². The van der Waals surface area contributed by atoms with Crippen molar-refractivity contribution in [2.75, 3.05) is 13.1 Å². The maximum Gasteiger partial charge on any atom is 0.318 e. The van der Waals surface area contributed by atoms with Crippen molar-refractivity contribution >= 4 is 11.9 Å². The quantitative estimate of drug-likeness (QED) is 0.806. The average Bonchev–Trinajstić information content (AvgIpc) is 3.27. The fourth-order valence-electron chi connectivity index (χ4n) is 2.46. The van der Waals surface area contributed by atoms with Crippen LogP contribution in [0, 0.1) is 5.92 Å². The standard InChI is InChI=1S/C16H23N3O2/c1-12(14-5-3-2-4-6-14)19(11-13-7-8-13)10-9-15(20)18-16(17)21/h2-6,12-13H,7-11H2,1H3,(H3,17,18,20,21). The van der Waals surface area contributed by atoms with Crippen LogP contribution in [0.4, 0.5) is 4.79 Å². The average molecular weight is 289 g/mol. The van der Waals surface area contributed by atoms with Crippen molar-refractivity contribution in [3.05, 3.63) is 35.9 Å². The lowest BCUT2D eigenvalue weighted by atomic mass is 10.1. The Morgan fingerprint density at radius 3 is 2.57 bits per heavy atom. The van der Waals surface area contributed by atoms with Crippen LogP contribution in [0.2, 0.25) is 0 Å². The van der Waals surface area contributed by atoms with Crippen molar-refractivity contribution in [3.8, 4) is 0 Å². The van der Waals surface area contributed by atoms with Gasteiger partial charge in [-0.05, 0) is 31.2 Å². The first-order chi connectivity index (χ1) is 10.1. The van der Waals surface area contributed by atoms with E-state index >= 15 is 0 Å². The summed E-state index contributed by atoms with van der Waals surface area (Å²) in [6.07, 6.45) is 2.82. The van der Waals surface area contributed by atoms with Gasteiger partial charge in [-0.1, -0.05) is 30.3 Å². The minimum Gasteiger partial charge on any atom is -0.351 e. The molecule has 1 aromatic rings. The van der Waals surface area contributed by atoms with Crippen LogP contribution in [0.3, 0.4) is 0 Å². The fourth-order valence-corrected chi connectivity index (χ4v) is 2.46. The number of carbonyl (C=O) groups is 2. The van der Waals surface area contributed by atoms with Crippen molar-refractivity contribution in [1.29, 1.82) is 0 Å². The maximum atomic E-state index is 11.6. The monoisotopic (exact) mass is 289 g/mol. The van der Waals surface area contributed by atoms with Gasteiger partial charge in [0.05, 0.1) is 0 Å². The highest BCUT2D eigenvalue weighted by molar-refractivity contribution is 5.93. The third-order valence-electron chi connectivity index (χ3n) is 3.91. The van der Waals surface area contributed by atoms with Crippen LogP contribution in [0.5, 0.6) is 0 Å². The van der Waals surface area contributed by atoms with E-state index < -0.39 is 6.03 Å². The number of hydrogen-bond acceptors (Lipinski definition) is 3. The molecule has 21 heavy (non-hydrogen) atoms. The highest BCUT2D eigenvalue weighted by atomic mass is 16.2. The van der Waals surface area contributed by atoms with Gasteiger partial charge >= 0.3 is 6.03 Å². The van der Waals surface area contributed by atoms with E-state index in [-0.39, 0.29) is 18.4 Å². The summed E-state index contributed by atoms with van der Waals surface area (Å²) in [5.74, 6) is 0.430. The van der Waals surface area contributed by atoms with E-state index in [0.717, 1.165) is 12.5 Å². The SMILES string of the molecule is CC(c1ccccc1)N(CCC(=O)NC(N)=O)CC1CC1. The van der Waals surface area contributed by atoms with Crippen molar-refractivity contribution < 1.29 is 9.59 Å². The number of nitrogens with one attached hydrogen (secondary N) is 1. The second-order valence-electron chi connectivity index (χ2n) is 5.69. The number of imide groups is 1. The predicted molar refractivity (Wildman–Crippen MR) is 81.5 cm³/mol. The summed E-state index contributed by atoms with van der Waals surface area (Å²) in [6, 6.07) is 9.74. The second kappa shape index (κ2) is 7.22. The number of primary amides is 1. The molecule has 3 N–H and O–H groups in total. The minimum absolute atomic E-state index is 0.258. The Hall–Kier alpha value is -1.88. The molecule has 0 bridgehead atoms. The van der Waals surface area contributed by atoms with E-state index in [1.165, 1.54) is 18.4 Å². The summed E-state index contributed by atoms with van der Waals surface area (Å²) < 4.78 is 0. The first-order valence-electron chi connectivity index (χ1n) is 7.44. The zero-order valence-corrected chi connectivity index (χ0v) is 12.4. The molecule has 0 radical (unpaired) electrons. The van der Waals surface area contributed by atoms with Crippen LogP contribution >= 0.6 is 0 Å². The lowest BCUT2D eigenvalue weighted by Crippen LogP contribution is -2.38. The van der Waals surface area contributed by atoms with Crippen LogP contribution in [-0.2, 0) is 4.79 Å². The zero-order valence-electron chi connectivity index (χ0n) is 12.4. The van der Waals surface area contributed by atoms with E-state index in [0.29, 0.717) is 6.54 Å². The van der Waals surface area contributed by atoms with Crippen molar-refractivity contribution in [2.45, 2.75) is 32.2 Å². The molecule has 2 rings (SSSR count). The second-order valence-corrected chi connectivity index (χ2v) is 5.69. The van der Waals surface area contributed by atoms with Gasteiger partial charge < -0.3 is 5.73 Å². The number of nitrogens with two attached hydrogens (primary N) is 1. The molecule has 1 fully saturated rings. The predicted octanol–water partition coefficient (Wildman–Crippen LogP) is 2.04.